The van der Waals surface area contributed by atoms with Crippen LogP contribution in [0.25, 0.3) is 0 Å². The van der Waals surface area contributed by atoms with Gasteiger partial charge in [-0.05, 0) is 49.9 Å². The number of hydrogen-bond acceptors (Lipinski definition) is 4. The van der Waals surface area contributed by atoms with E-state index in [0.29, 0.717) is 0 Å². The quantitative estimate of drug-likeness (QED) is 0.538. The number of rotatable bonds is 7. The second-order valence-electron chi connectivity index (χ2n) is 9.33. The molecule has 1 aliphatic carbocycles. The van der Waals surface area contributed by atoms with Crippen LogP contribution in [0.15, 0.2) is 30.3 Å². The highest BCUT2D eigenvalue weighted by atomic mass is 28.4. The van der Waals surface area contributed by atoms with Gasteiger partial charge >= 0.3 is 5.97 Å². The number of esters is 1. The van der Waals surface area contributed by atoms with Crippen molar-refractivity contribution in [1.29, 1.82) is 0 Å². The molecule has 156 valence electrons. The van der Waals surface area contributed by atoms with Crippen molar-refractivity contribution in [3.05, 3.63) is 35.9 Å². The first kappa shape index (κ1) is 22.6. The van der Waals surface area contributed by atoms with Crippen molar-refractivity contribution in [3.8, 4) is 0 Å². The normalized spacial score (nSPS) is 21.2. The fourth-order valence-electron chi connectivity index (χ4n) is 3.12. The van der Waals surface area contributed by atoms with Crippen LogP contribution in [0.1, 0.15) is 52.5 Å². The molecule has 28 heavy (non-hydrogen) atoms. The van der Waals surface area contributed by atoms with E-state index < -0.39 is 20.3 Å². The lowest BCUT2D eigenvalue weighted by molar-refractivity contribution is -0.149. The number of carbonyl (C=O) groups excluding carboxylic acids is 2. The second kappa shape index (κ2) is 9.22. The van der Waals surface area contributed by atoms with Crippen LogP contribution in [-0.4, -0.2) is 32.3 Å². The van der Waals surface area contributed by atoms with Gasteiger partial charge in [-0.15, -0.1) is 0 Å². The van der Waals surface area contributed by atoms with Crippen molar-refractivity contribution >= 4 is 20.2 Å². The Labute approximate surface area is 170 Å². The molecule has 0 saturated heterocycles. The molecule has 3 atom stereocenters. The highest BCUT2D eigenvalue weighted by Gasteiger charge is 2.41. The van der Waals surface area contributed by atoms with Gasteiger partial charge in [0, 0.05) is 12.0 Å². The van der Waals surface area contributed by atoms with Gasteiger partial charge in [0.25, 0.3) is 0 Å². The molecule has 1 saturated carbocycles. The zero-order valence-corrected chi connectivity index (χ0v) is 19.1. The largest absolute Gasteiger partial charge is 0.459 e. The summed E-state index contributed by atoms with van der Waals surface area (Å²) in [5.41, 5.74) is 0.927. The summed E-state index contributed by atoms with van der Waals surface area (Å²) in [4.78, 5) is 24.8. The summed E-state index contributed by atoms with van der Waals surface area (Å²) in [5.74, 6) is -0.589. The van der Waals surface area contributed by atoms with Crippen molar-refractivity contribution in [3.63, 3.8) is 0 Å². The molecule has 0 unspecified atom stereocenters. The smallest absolute Gasteiger partial charge is 0.328 e. The molecule has 1 aliphatic rings. The van der Waals surface area contributed by atoms with E-state index in [-0.39, 0.29) is 29.6 Å². The molecule has 0 aromatic heterocycles. The van der Waals surface area contributed by atoms with Crippen LogP contribution in [0.5, 0.6) is 0 Å². The van der Waals surface area contributed by atoms with Gasteiger partial charge in [-0.25, -0.2) is 4.79 Å². The summed E-state index contributed by atoms with van der Waals surface area (Å²) in [6.45, 7) is 13.0. The molecule has 0 heterocycles. The van der Waals surface area contributed by atoms with Crippen LogP contribution < -0.4 is 5.32 Å². The first-order valence-corrected chi connectivity index (χ1v) is 13.1. The van der Waals surface area contributed by atoms with E-state index >= 15 is 0 Å². The Balaban J connectivity index is 1.79. The van der Waals surface area contributed by atoms with Crippen LogP contribution in [0.4, 0.5) is 0 Å². The predicted octanol–water partition coefficient (Wildman–Crippen LogP) is 4.43. The number of ether oxygens (including phenoxy) is 1. The fourth-order valence-corrected chi connectivity index (χ4v) is 4.52. The number of hydrogen-bond donors (Lipinski definition) is 1. The third kappa shape index (κ3) is 6.17. The lowest BCUT2D eigenvalue weighted by atomic mass is 10.1. The molecule has 6 heteroatoms. The van der Waals surface area contributed by atoms with E-state index in [1.807, 2.05) is 30.3 Å². The molecular formula is C22H35NO4Si. The molecule has 2 rings (SSSR count). The molecule has 0 aliphatic heterocycles. The summed E-state index contributed by atoms with van der Waals surface area (Å²) in [6, 6.07) is 8.86. The summed E-state index contributed by atoms with van der Waals surface area (Å²) in [5, 5.41) is 2.97. The molecule has 1 fully saturated rings. The lowest BCUT2D eigenvalue weighted by Gasteiger charge is -2.38. The van der Waals surface area contributed by atoms with Crippen LogP contribution in [-0.2, 0) is 25.4 Å². The molecule has 1 aromatic rings. The van der Waals surface area contributed by atoms with Crippen molar-refractivity contribution < 1.29 is 18.8 Å². The molecular weight excluding hydrogens is 370 g/mol. The van der Waals surface area contributed by atoms with Gasteiger partial charge in [-0.3, -0.25) is 4.79 Å². The van der Waals surface area contributed by atoms with Crippen molar-refractivity contribution in [2.45, 2.75) is 83.8 Å². The fraction of sp³-hybridized carbons (Fsp3) is 0.636. The first-order chi connectivity index (χ1) is 13.0. The Morgan fingerprint density at radius 1 is 1.18 bits per heavy atom. The average Bonchev–Trinajstić information content (AvgIpc) is 3.07. The Morgan fingerprint density at radius 2 is 1.82 bits per heavy atom. The second-order valence-corrected chi connectivity index (χ2v) is 14.1. The molecule has 0 radical (unpaired) electrons. The number of carbonyl (C=O) groups is 2. The van der Waals surface area contributed by atoms with E-state index in [0.717, 1.165) is 24.8 Å². The topological polar surface area (TPSA) is 64.6 Å². The minimum atomic E-state index is -1.83. The van der Waals surface area contributed by atoms with Gasteiger partial charge in [-0.2, -0.15) is 0 Å². The highest BCUT2D eigenvalue weighted by Crippen LogP contribution is 2.40. The molecule has 1 N–H and O–H groups in total. The third-order valence-electron chi connectivity index (χ3n) is 5.96. The van der Waals surface area contributed by atoms with Gasteiger partial charge in [0.05, 0.1) is 0 Å². The predicted molar refractivity (Wildman–Crippen MR) is 113 cm³/mol. The molecule has 1 aromatic carbocycles. The molecule has 1 amide bonds. The van der Waals surface area contributed by atoms with Gasteiger partial charge in [0.2, 0.25) is 5.91 Å². The maximum atomic E-state index is 12.6. The minimum Gasteiger partial charge on any atom is -0.459 e. The van der Waals surface area contributed by atoms with Gasteiger partial charge in [0.15, 0.2) is 8.32 Å². The number of benzene rings is 1. The summed E-state index contributed by atoms with van der Waals surface area (Å²) < 4.78 is 11.8. The Bertz CT molecular complexity index is 669. The van der Waals surface area contributed by atoms with Crippen LogP contribution in [0.3, 0.4) is 0 Å². The van der Waals surface area contributed by atoms with E-state index in [4.69, 9.17) is 9.16 Å². The SMILES string of the molecule is C[C@@H](NC(=O)[C@H]1CC[C@H](O[Si](C)(C)C(C)(C)C)C1)C(=O)OCc1ccccc1. The zero-order valence-electron chi connectivity index (χ0n) is 18.1. The van der Waals surface area contributed by atoms with Gasteiger partial charge in [0.1, 0.15) is 12.6 Å². The van der Waals surface area contributed by atoms with Gasteiger partial charge in [-0.1, -0.05) is 51.1 Å². The zero-order chi connectivity index (χ0) is 20.9. The minimum absolute atomic E-state index is 0.0782. The average molecular weight is 406 g/mol. The van der Waals surface area contributed by atoms with E-state index in [9.17, 15) is 9.59 Å². The summed E-state index contributed by atoms with van der Waals surface area (Å²) >= 11 is 0. The van der Waals surface area contributed by atoms with E-state index in [1.54, 1.807) is 6.92 Å². The highest BCUT2D eigenvalue weighted by molar-refractivity contribution is 6.74. The van der Waals surface area contributed by atoms with Crippen molar-refractivity contribution in [2.75, 3.05) is 0 Å². The third-order valence-corrected chi connectivity index (χ3v) is 10.5. The van der Waals surface area contributed by atoms with Gasteiger partial charge < -0.3 is 14.5 Å². The van der Waals surface area contributed by atoms with Crippen LogP contribution in [0.2, 0.25) is 18.1 Å². The van der Waals surface area contributed by atoms with E-state index in [1.165, 1.54) is 0 Å². The molecule has 0 spiro atoms. The molecule has 0 bridgehead atoms. The first-order valence-electron chi connectivity index (χ1n) is 10.2. The number of amides is 1. The van der Waals surface area contributed by atoms with Crippen LogP contribution >= 0.6 is 0 Å². The maximum absolute atomic E-state index is 12.6. The summed E-state index contributed by atoms with van der Waals surface area (Å²) in [7, 11) is -1.83. The Kier molecular flexibility index (Phi) is 7.45. The maximum Gasteiger partial charge on any atom is 0.328 e. The Hall–Kier alpha value is -1.66. The number of nitrogens with one attached hydrogen (secondary N) is 1. The van der Waals surface area contributed by atoms with E-state index in [2.05, 4.69) is 39.2 Å². The molecule has 5 nitrogen and oxygen atoms in total. The van der Waals surface area contributed by atoms with Crippen LogP contribution in [0, 0.1) is 5.92 Å². The standard InChI is InChI=1S/C22H35NO4Si/c1-16(21(25)26-15-17-10-8-7-9-11-17)23-20(24)18-12-13-19(14-18)27-28(5,6)22(2,3)4/h7-11,16,18-19H,12-15H2,1-6H3,(H,23,24)/t16-,18+,19+/m1/s1. The van der Waals surface area contributed by atoms with Crippen molar-refractivity contribution in [2.24, 2.45) is 5.92 Å². The monoisotopic (exact) mass is 405 g/mol. The Morgan fingerprint density at radius 3 is 2.43 bits per heavy atom. The van der Waals surface area contributed by atoms with Crippen molar-refractivity contribution in [1.82, 2.24) is 5.32 Å². The lowest BCUT2D eigenvalue weighted by Crippen LogP contribution is -2.44. The summed E-state index contributed by atoms with van der Waals surface area (Å²) in [6.07, 6.45) is 2.57.